The highest BCUT2D eigenvalue weighted by Gasteiger charge is 2.53. The second kappa shape index (κ2) is 19.4. The predicted octanol–water partition coefficient (Wildman–Crippen LogP) is 15.5. The molecule has 4 N–H and O–H groups in total. The van der Waals surface area contributed by atoms with Crippen LogP contribution in [0, 0.1) is 45.3 Å². The Kier molecular flexibility index (Phi) is 18.6. The molecule has 0 spiro atoms. The van der Waals surface area contributed by atoms with Gasteiger partial charge in [-0.25, -0.2) is 0 Å². The zero-order valence-corrected chi connectivity index (χ0v) is 47.0. The van der Waals surface area contributed by atoms with Crippen molar-refractivity contribution >= 4 is 0 Å². The lowest BCUT2D eigenvalue weighted by Gasteiger charge is -2.52. The van der Waals surface area contributed by atoms with Crippen LogP contribution in [0.4, 0.5) is 0 Å². The fraction of sp³-hybridized carbons (Fsp3) is 1.00. The van der Waals surface area contributed by atoms with Gasteiger partial charge in [-0.3, -0.25) is 0 Å². The Labute approximate surface area is 387 Å². The first-order chi connectivity index (χ1) is 26.8. The first-order valence-electron chi connectivity index (χ1n) is 24.8. The van der Waals surface area contributed by atoms with Gasteiger partial charge in [0, 0.05) is 44.3 Å². The Hall–Kier alpha value is -0.320. The molecule has 0 aromatic rings. The molecule has 0 saturated carbocycles. The van der Waals surface area contributed by atoms with E-state index < -0.39 is 0 Å². The van der Waals surface area contributed by atoms with E-state index in [1.165, 1.54) is 25.7 Å². The fourth-order valence-corrected chi connectivity index (χ4v) is 12.9. The number of rotatable bonds is 4. The van der Waals surface area contributed by atoms with Gasteiger partial charge < -0.3 is 20.8 Å². The molecule has 4 saturated heterocycles. The predicted molar refractivity (Wildman–Crippen MR) is 265 cm³/mol. The molecule has 0 bridgehead atoms. The first-order valence-corrected chi connectivity index (χ1v) is 24.8. The maximum absolute atomic E-state index is 10.2. The Morgan fingerprint density at radius 3 is 0.629 bits per heavy atom. The molecule has 62 heavy (non-hydrogen) atoms. The first kappa shape index (κ1) is 59.7. The number of hydrogen-bond acceptors (Lipinski definition) is 8. The number of hydrogen-bond donors (Lipinski definition) is 4. The van der Waals surface area contributed by atoms with Gasteiger partial charge in [-0.2, -0.15) is 20.3 Å². The molecule has 2 unspecified atom stereocenters. The van der Waals surface area contributed by atoms with Crippen LogP contribution in [-0.4, -0.2) is 85.4 Å². The van der Waals surface area contributed by atoms with Crippen LogP contribution in [0.15, 0.2) is 0 Å². The monoisotopic (exact) mass is 881 g/mol. The Bertz CT molecular complexity index is 1250. The summed E-state index contributed by atoms with van der Waals surface area (Å²) in [6.45, 7) is 61.7. The molecule has 0 radical (unpaired) electrons. The largest absolute Gasteiger partial charge is 0.313 e. The van der Waals surface area contributed by atoms with E-state index in [-0.39, 0.29) is 44.3 Å². The van der Waals surface area contributed by atoms with Crippen molar-refractivity contribution in [3.63, 3.8) is 0 Å². The van der Waals surface area contributed by atoms with Crippen molar-refractivity contribution < 1.29 is 20.8 Å². The molecule has 0 aromatic carbocycles. The van der Waals surface area contributed by atoms with Gasteiger partial charge in [0.1, 0.15) is 0 Å². The van der Waals surface area contributed by atoms with Gasteiger partial charge in [-0.05, 0) is 220 Å². The quantitative estimate of drug-likeness (QED) is 0.222. The van der Waals surface area contributed by atoms with Gasteiger partial charge in [-0.1, -0.05) is 83.1 Å². The molecule has 8 heteroatoms. The van der Waals surface area contributed by atoms with E-state index in [0.717, 1.165) is 38.5 Å². The van der Waals surface area contributed by atoms with Crippen molar-refractivity contribution in [3.8, 4) is 0 Å². The van der Waals surface area contributed by atoms with Crippen LogP contribution in [0.3, 0.4) is 0 Å². The van der Waals surface area contributed by atoms with Crippen LogP contribution in [0.5, 0.6) is 0 Å². The summed E-state index contributed by atoms with van der Waals surface area (Å²) in [4.78, 5) is 0. The summed E-state index contributed by atoms with van der Waals surface area (Å²) in [6.07, 6.45) is 11.3. The zero-order chi connectivity index (χ0) is 49.7. The lowest BCUT2D eigenvalue weighted by Crippen LogP contribution is -2.59. The van der Waals surface area contributed by atoms with Gasteiger partial charge in [0.05, 0.1) is 0 Å². The van der Waals surface area contributed by atoms with Crippen molar-refractivity contribution in [2.75, 3.05) is 0 Å². The van der Waals surface area contributed by atoms with Crippen LogP contribution >= 0.6 is 0 Å². The summed E-state index contributed by atoms with van der Waals surface area (Å²) in [5, 5.41) is 47.1. The lowest BCUT2D eigenvalue weighted by molar-refractivity contribution is -0.252. The van der Waals surface area contributed by atoms with Crippen LogP contribution < -0.4 is 0 Å². The average Bonchev–Trinajstić information content (AvgIpc) is 3.22. The molecule has 4 aliphatic rings. The Morgan fingerprint density at radius 1 is 0.306 bits per heavy atom. The van der Waals surface area contributed by atoms with Crippen molar-refractivity contribution in [1.29, 1.82) is 0 Å². The van der Waals surface area contributed by atoms with Crippen molar-refractivity contribution in [3.05, 3.63) is 0 Å². The average molecular weight is 882 g/mol. The van der Waals surface area contributed by atoms with Gasteiger partial charge in [0.2, 0.25) is 0 Å². The van der Waals surface area contributed by atoms with Crippen LogP contribution in [0.25, 0.3) is 0 Å². The molecule has 8 nitrogen and oxygen atoms in total. The molecule has 4 fully saturated rings. The van der Waals surface area contributed by atoms with Crippen molar-refractivity contribution in [1.82, 2.24) is 20.3 Å². The van der Waals surface area contributed by atoms with E-state index >= 15 is 0 Å². The van der Waals surface area contributed by atoms with Crippen molar-refractivity contribution in [2.45, 2.75) is 302 Å². The van der Waals surface area contributed by atoms with Crippen molar-refractivity contribution in [2.24, 2.45) is 45.3 Å². The minimum absolute atomic E-state index is 0.0839. The molecule has 4 rings (SSSR count). The fourth-order valence-electron chi connectivity index (χ4n) is 12.9. The molecule has 372 valence electrons. The Balaban J connectivity index is 0.000000414. The molecule has 4 heterocycles. The number of nitrogens with zero attached hydrogens (tertiary/aromatic N) is 4. The number of hydroxylamine groups is 8. The lowest BCUT2D eigenvalue weighted by atomic mass is 9.70. The third kappa shape index (κ3) is 17.1. The normalized spacial score (nSPS) is 28.8. The molecule has 2 atom stereocenters. The Morgan fingerprint density at radius 2 is 0.484 bits per heavy atom. The highest BCUT2D eigenvalue weighted by molar-refractivity contribution is 5.04. The molecular formula is C54H112N4O4. The molecule has 0 aromatic heterocycles. The van der Waals surface area contributed by atoms with E-state index in [9.17, 15) is 20.8 Å². The van der Waals surface area contributed by atoms with Gasteiger partial charge in [0.25, 0.3) is 0 Å². The molecular weight excluding hydrogens is 769 g/mol. The summed E-state index contributed by atoms with van der Waals surface area (Å²) in [7, 11) is 0. The van der Waals surface area contributed by atoms with E-state index in [4.69, 9.17) is 0 Å². The standard InChI is InChI=1S/2C14H29NO.2C13H27NO/c2*1-12(2,3)8-11-9-13(4,5)15(16)14(6,7)10-11;2*1-11(2,3)8-10-9-12(4,5)14(15)13(10,6)7/h2*11,16H,8-10H2,1-7H3;2*10,15H,8-9H2,1-7H3. The third-order valence-electron chi connectivity index (χ3n) is 14.7. The summed E-state index contributed by atoms with van der Waals surface area (Å²) >= 11 is 0. The highest BCUT2D eigenvalue weighted by Crippen LogP contribution is 2.50. The molecule has 0 amide bonds. The molecule has 0 aliphatic carbocycles. The zero-order valence-electron chi connectivity index (χ0n) is 47.0. The van der Waals surface area contributed by atoms with Gasteiger partial charge in [0.15, 0.2) is 0 Å². The minimum atomic E-state index is -0.100. The van der Waals surface area contributed by atoms with Crippen LogP contribution in [0.1, 0.15) is 258 Å². The second-order valence-corrected chi connectivity index (χ2v) is 30.8. The summed E-state index contributed by atoms with van der Waals surface area (Å²) in [5.74, 6) is 2.57. The summed E-state index contributed by atoms with van der Waals surface area (Å²) in [5.41, 5.74) is 0.673. The third-order valence-corrected chi connectivity index (χ3v) is 14.7. The summed E-state index contributed by atoms with van der Waals surface area (Å²) in [6, 6.07) is 0. The number of piperidine rings is 2. The highest BCUT2D eigenvalue weighted by atomic mass is 16.5. The minimum Gasteiger partial charge on any atom is -0.313 e. The smallest absolute Gasteiger partial charge is 0.0439 e. The van der Waals surface area contributed by atoms with E-state index in [2.05, 4.69) is 194 Å². The van der Waals surface area contributed by atoms with Crippen LogP contribution in [0.2, 0.25) is 0 Å². The van der Waals surface area contributed by atoms with E-state index in [1.54, 1.807) is 20.3 Å². The van der Waals surface area contributed by atoms with Crippen LogP contribution in [-0.2, 0) is 0 Å². The second-order valence-electron chi connectivity index (χ2n) is 30.8. The molecule has 4 aliphatic heterocycles. The van der Waals surface area contributed by atoms with E-state index in [1.807, 2.05) is 0 Å². The maximum Gasteiger partial charge on any atom is 0.0439 e. The topological polar surface area (TPSA) is 93.9 Å². The van der Waals surface area contributed by atoms with Gasteiger partial charge in [-0.15, -0.1) is 0 Å². The summed E-state index contributed by atoms with van der Waals surface area (Å²) < 4.78 is 0. The SMILES string of the molecule is CC(C)(C)CC1CC(C)(C)N(O)C(C)(C)C1.CC(C)(C)CC1CC(C)(C)N(O)C(C)(C)C1.CC(C)(C)CC1CC(C)(C)N(O)C1(C)C.CC(C)(C)CC1CC(C)(C)N(O)C1(C)C. The van der Waals surface area contributed by atoms with Gasteiger partial charge >= 0.3 is 0 Å². The van der Waals surface area contributed by atoms with E-state index in [0.29, 0.717) is 45.3 Å². The maximum atomic E-state index is 10.2.